The van der Waals surface area contributed by atoms with Crippen molar-refractivity contribution in [2.75, 3.05) is 19.3 Å². The Morgan fingerprint density at radius 1 is 1.47 bits per heavy atom. The number of aromatic nitrogens is 1. The maximum atomic E-state index is 12.0. The molecule has 0 saturated carbocycles. The third-order valence-electron chi connectivity index (χ3n) is 1.72. The van der Waals surface area contributed by atoms with E-state index in [1.807, 2.05) is 0 Å². The van der Waals surface area contributed by atoms with Crippen LogP contribution in [0.4, 0.5) is 18.9 Å². The quantitative estimate of drug-likeness (QED) is 0.840. The van der Waals surface area contributed by atoms with E-state index in [2.05, 4.69) is 4.98 Å². The second-order valence-corrected chi connectivity index (χ2v) is 3.37. The summed E-state index contributed by atoms with van der Waals surface area (Å²) in [4.78, 5) is 5.06. The molecule has 0 fully saturated rings. The first kappa shape index (κ1) is 11.8. The van der Waals surface area contributed by atoms with Crippen molar-refractivity contribution in [3.05, 3.63) is 24.0 Å². The van der Waals surface area contributed by atoms with Crippen LogP contribution in [0.25, 0.3) is 0 Å². The maximum absolute atomic E-state index is 12.0. The molecule has 0 aromatic carbocycles. The molecule has 0 atom stereocenters. The molecule has 0 bridgehead atoms. The molecule has 0 unspecified atom stereocenters. The average molecular weight is 219 g/mol. The van der Waals surface area contributed by atoms with Gasteiger partial charge in [-0.2, -0.15) is 13.2 Å². The van der Waals surface area contributed by atoms with E-state index in [0.29, 0.717) is 11.4 Å². The molecule has 0 radical (unpaired) electrons. The lowest BCUT2D eigenvalue weighted by atomic mass is 10.3. The minimum atomic E-state index is -4.19. The zero-order valence-corrected chi connectivity index (χ0v) is 8.25. The fourth-order valence-corrected chi connectivity index (χ4v) is 1.22. The lowest BCUT2D eigenvalue weighted by molar-refractivity contribution is -0.144. The molecule has 15 heavy (non-hydrogen) atoms. The van der Waals surface area contributed by atoms with Crippen LogP contribution in [-0.4, -0.2) is 29.7 Å². The summed E-state index contributed by atoms with van der Waals surface area (Å²) in [6.45, 7) is -0.825. The van der Waals surface area contributed by atoms with Gasteiger partial charge < -0.3 is 5.73 Å². The van der Waals surface area contributed by atoms with E-state index in [0.717, 1.165) is 4.90 Å². The van der Waals surface area contributed by atoms with Gasteiger partial charge in [-0.05, 0) is 19.2 Å². The van der Waals surface area contributed by atoms with Crippen LogP contribution in [0.5, 0.6) is 0 Å². The molecule has 84 valence electrons. The molecule has 2 N–H and O–H groups in total. The average Bonchev–Trinajstić information content (AvgIpc) is 1.99. The highest BCUT2D eigenvalue weighted by Crippen LogP contribution is 2.16. The lowest BCUT2D eigenvalue weighted by Crippen LogP contribution is -2.30. The predicted molar refractivity (Wildman–Crippen MR) is 51.0 cm³/mol. The molecular formula is C9H12F3N3. The molecule has 3 nitrogen and oxygen atoms in total. The molecule has 1 heterocycles. The van der Waals surface area contributed by atoms with E-state index in [4.69, 9.17) is 5.73 Å². The number of nitrogens with zero attached hydrogens (tertiary/aromatic N) is 2. The van der Waals surface area contributed by atoms with Crippen molar-refractivity contribution in [2.45, 2.75) is 12.7 Å². The van der Waals surface area contributed by atoms with Gasteiger partial charge in [0.2, 0.25) is 0 Å². The number of alkyl halides is 3. The first-order valence-corrected chi connectivity index (χ1v) is 4.32. The molecule has 0 aliphatic heterocycles. The summed E-state index contributed by atoms with van der Waals surface area (Å²) in [5.41, 5.74) is 6.51. The third kappa shape index (κ3) is 4.64. The molecule has 0 aliphatic carbocycles. The zero-order valence-electron chi connectivity index (χ0n) is 8.25. The number of nitrogen functional groups attached to an aromatic ring is 1. The van der Waals surface area contributed by atoms with Gasteiger partial charge in [0.25, 0.3) is 0 Å². The van der Waals surface area contributed by atoms with Crippen molar-refractivity contribution in [1.82, 2.24) is 9.88 Å². The van der Waals surface area contributed by atoms with Gasteiger partial charge in [0.15, 0.2) is 0 Å². The van der Waals surface area contributed by atoms with Crippen LogP contribution in [0.15, 0.2) is 18.3 Å². The molecule has 1 rings (SSSR count). The first-order valence-electron chi connectivity index (χ1n) is 4.32. The van der Waals surface area contributed by atoms with Crippen LogP contribution >= 0.6 is 0 Å². The summed E-state index contributed by atoms with van der Waals surface area (Å²) in [5.74, 6) is 0. The summed E-state index contributed by atoms with van der Waals surface area (Å²) >= 11 is 0. The van der Waals surface area contributed by atoms with E-state index >= 15 is 0 Å². The van der Waals surface area contributed by atoms with Gasteiger partial charge in [-0.3, -0.25) is 9.88 Å². The number of anilines is 1. The van der Waals surface area contributed by atoms with Gasteiger partial charge in [-0.1, -0.05) is 0 Å². The Labute approximate surface area is 85.7 Å². The first-order chi connectivity index (χ1) is 6.87. The van der Waals surface area contributed by atoms with Crippen molar-refractivity contribution < 1.29 is 13.2 Å². The van der Waals surface area contributed by atoms with Crippen molar-refractivity contribution in [3.8, 4) is 0 Å². The highest BCUT2D eigenvalue weighted by molar-refractivity contribution is 5.37. The maximum Gasteiger partial charge on any atom is 0.401 e. The minimum absolute atomic E-state index is 0.130. The second-order valence-electron chi connectivity index (χ2n) is 3.37. The molecule has 0 amide bonds. The number of hydrogen-bond acceptors (Lipinski definition) is 3. The zero-order chi connectivity index (χ0) is 11.5. The second kappa shape index (κ2) is 4.48. The van der Waals surface area contributed by atoms with Crippen molar-refractivity contribution >= 4 is 5.69 Å². The normalized spacial score (nSPS) is 12.1. The minimum Gasteiger partial charge on any atom is -0.399 e. The van der Waals surface area contributed by atoms with Gasteiger partial charge >= 0.3 is 6.18 Å². The van der Waals surface area contributed by atoms with Gasteiger partial charge in [-0.25, -0.2) is 0 Å². The van der Waals surface area contributed by atoms with Crippen molar-refractivity contribution in [1.29, 1.82) is 0 Å². The van der Waals surface area contributed by atoms with Gasteiger partial charge in [0, 0.05) is 18.4 Å². The van der Waals surface area contributed by atoms with Crippen LogP contribution < -0.4 is 5.73 Å². The molecule has 1 aromatic rings. The monoisotopic (exact) mass is 219 g/mol. The highest BCUT2D eigenvalue weighted by Gasteiger charge is 2.29. The van der Waals surface area contributed by atoms with Crippen LogP contribution in [0.1, 0.15) is 5.69 Å². The predicted octanol–water partition coefficient (Wildman–Crippen LogP) is 1.66. The number of nitrogens with two attached hydrogens (primary N) is 1. The Hall–Kier alpha value is -1.30. The molecule has 1 aromatic heterocycles. The molecule has 0 saturated heterocycles. The number of halogens is 3. The fourth-order valence-electron chi connectivity index (χ4n) is 1.22. The number of hydrogen-bond donors (Lipinski definition) is 1. The largest absolute Gasteiger partial charge is 0.401 e. The van der Waals surface area contributed by atoms with E-state index < -0.39 is 12.7 Å². The Bertz CT molecular complexity index is 325. The lowest BCUT2D eigenvalue weighted by Gasteiger charge is -2.17. The summed E-state index contributed by atoms with van der Waals surface area (Å²) in [7, 11) is 1.39. The fraction of sp³-hybridized carbons (Fsp3) is 0.444. The third-order valence-corrected chi connectivity index (χ3v) is 1.72. The summed E-state index contributed by atoms with van der Waals surface area (Å²) in [6, 6.07) is 3.15. The summed E-state index contributed by atoms with van der Waals surface area (Å²) in [5, 5.41) is 0. The van der Waals surface area contributed by atoms with Crippen LogP contribution in [0.3, 0.4) is 0 Å². The Morgan fingerprint density at radius 3 is 2.67 bits per heavy atom. The molecule has 0 spiro atoms. The topological polar surface area (TPSA) is 42.1 Å². The Kier molecular flexibility index (Phi) is 3.52. The standard InChI is InChI=1S/C9H12F3N3/c1-15(6-9(10,11)12)5-8-4-7(13)2-3-14-8/h2-4H,5-6H2,1H3,(H2,13,14). The van der Waals surface area contributed by atoms with Gasteiger partial charge in [-0.15, -0.1) is 0 Å². The van der Waals surface area contributed by atoms with E-state index in [1.54, 1.807) is 12.1 Å². The van der Waals surface area contributed by atoms with E-state index in [-0.39, 0.29) is 6.54 Å². The number of pyridine rings is 1. The summed E-state index contributed by atoms with van der Waals surface area (Å²) < 4.78 is 36.0. The molecule has 6 heteroatoms. The molecule has 0 aliphatic rings. The van der Waals surface area contributed by atoms with Crippen LogP contribution in [-0.2, 0) is 6.54 Å². The van der Waals surface area contributed by atoms with Crippen molar-refractivity contribution in [3.63, 3.8) is 0 Å². The van der Waals surface area contributed by atoms with E-state index in [1.165, 1.54) is 13.2 Å². The Balaban J connectivity index is 2.55. The Morgan fingerprint density at radius 2 is 2.13 bits per heavy atom. The highest BCUT2D eigenvalue weighted by atomic mass is 19.4. The van der Waals surface area contributed by atoms with E-state index in [9.17, 15) is 13.2 Å². The van der Waals surface area contributed by atoms with Crippen LogP contribution in [0, 0.1) is 0 Å². The van der Waals surface area contributed by atoms with Crippen molar-refractivity contribution in [2.24, 2.45) is 0 Å². The smallest absolute Gasteiger partial charge is 0.399 e. The summed E-state index contributed by atoms with van der Waals surface area (Å²) in [6.07, 6.45) is -2.71. The van der Waals surface area contributed by atoms with Gasteiger partial charge in [0.1, 0.15) is 0 Å². The number of rotatable bonds is 3. The molecular weight excluding hydrogens is 207 g/mol. The van der Waals surface area contributed by atoms with Gasteiger partial charge in [0.05, 0.1) is 12.2 Å². The van der Waals surface area contributed by atoms with Crippen LogP contribution in [0.2, 0.25) is 0 Å². The SMILES string of the molecule is CN(Cc1cc(N)ccn1)CC(F)(F)F.